The second kappa shape index (κ2) is 4.02. The van der Waals surface area contributed by atoms with Gasteiger partial charge in [0.25, 0.3) is 0 Å². The minimum Gasteiger partial charge on any atom is -0.346 e. The van der Waals surface area contributed by atoms with Crippen molar-refractivity contribution in [2.75, 3.05) is 24.5 Å². The molecule has 5 heteroatoms. The molecular weight excluding hydrogens is 184 g/mol. The van der Waals surface area contributed by atoms with Crippen LogP contribution in [0.5, 0.6) is 0 Å². The maximum Gasteiger partial charge on any atom is 0.208 e. The van der Waals surface area contributed by atoms with E-state index in [1.165, 1.54) is 6.42 Å². The lowest BCUT2D eigenvalue weighted by atomic mass is 10.1. The van der Waals surface area contributed by atoms with Crippen molar-refractivity contribution in [2.45, 2.75) is 12.8 Å². The number of hydrogen-bond acceptors (Lipinski definition) is 5. The molecule has 1 aliphatic heterocycles. The fraction of sp³-hybridized carbons (Fsp3) is 0.750. The zero-order valence-electron chi connectivity index (χ0n) is 7.52. The van der Waals surface area contributed by atoms with Crippen LogP contribution in [0.15, 0.2) is 5.51 Å². The predicted octanol–water partition coefficient (Wildman–Crippen LogP) is 0.713. The summed E-state index contributed by atoms with van der Waals surface area (Å²) in [4.78, 5) is 2.30. The molecule has 1 saturated heterocycles. The highest BCUT2D eigenvalue weighted by Crippen LogP contribution is 2.25. The summed E-state index contributed by atoms with van der Waals surface area (Å²) in [7, 11) is 0. The van der Waals surface area contributed by atoms with Crippen LogP contribution >= 0.6 is 11.3 Å². The van der Waals surface area contributed by atoms with Gasteiger partial charge in [-0.3, -0.25) is 0 Å². The van der Waals surface area contributed by atoms with Gasteiger partial charge in [0.15, 0.2) is 0 Å². The summed E-state index contributed by atoms with van der Waals surface area (Å²) in [6, 6.07) is 0. The Morgan fingerprint density at radius 3 is 3.31 bits per heavy atom. The molecule has 1 aromatic rings. The van der Waals surface area contributed by atoms with Gasteiger partial charge in [-0.1, -0.05) is 11.3 Å². The fourth-order valence-electron chi connectivity index (χ4n) is 1.78. The second-order valence-electron chi connectivity index (χ2n) is 3.40. The maximum absolute atomic E-state index is 5.53. The minimum atomic E-state index is 0.758. The highest BCUT2D eigenvalue weighted by Gasteiger charge is 2.23. The third-order valence-corrected chi connectivity index (χ3v) is 3.23. The number of nitrogens with zero attached hydrogens (tertiary/aromatic N) is 3. The van der Waals surface area contributed by atoms with Gasteiger partial charge in [-0.15, -0.1) is 10.2 Å². The summed E-state index contributed by atoms with van der Waals surface area (Å²) < 4.78 is 0. The van der Waals surface area contributed by atoms with E-state index in [0.717, 1.165) is 37.1 Å². The van der Waals surface area contributed by atoms with E-state index in [9.17, 15) is 0 Å². The first-order valence-electron chi connectivity index (χ1n) is 4.61. The van der Waals surface area contributed by atoms with E-state index in [-0.39, 0.29) is 0 Å². The summed E-state index contributed by atoms with van der Waals surface area (Å²) in [5.41, 5.74) is 7.31. The highest BCUT2D eigenvalue weighted by atomic mass is 32.1. The van der Waals surface area contributed by atoms with Crippen LogP contribution in [0.25, 0.3) is 0 Å². The molecule has 0 radical (unpaired) electrons. The Bertz CT molecular complexity index is 249. The molecule has 0 bridgehead atoms. The topological polar surface area (TPSA) is 55.0 Å². The first-order chi connectivity index (χ1) is 6.40. The summed E-state index contributed by atoms with van der Waals surface area (Å²) in [5, 5.41) is 8.95. The van der Waals surface area contributed by atoms with E-state index in [1.807, 2.05) is 0 Å². The van der Waals surface area contributed by atoms with Crippen LogP contribution < -0.4 is 10.6 Å². The minimum absolute atomic E-state index is 0.758. The molecule has 0 spiro atoms. The monoisotopic (exact) mass is 198 g/mol. The van der Waals surface area contributed by atoms with E-state index in [4.69, 9.17) is 5.73 Å². The standard InChI is InChI=1S/C8H14N4S/c9-3-1-7-2-4-12(5-7)8-11-10-6-13-8/h6-7H,1-5,9H2. The van der Waals surface area contributed by atoms with Crippen molar-refractivity contribution in [1.82, 2.24) is 10.2 Å². The number of aromatic nitrogens is 2. The quantitative estimate of drug-likeness (QED) is 0.777. The largest absolute Gasteiger partial charge is 0.346 e. The average molecular weight is 198 g/mol. The maximum atomic E-state index is 5.53. The van der Waals surface area contributed by atoms with Crippen molar-refractivity contribution in [3.8, 4) is 0 Å². The molecule has 0 aromatic carbocycles. The Morgan fingerprint density at radius 2 is 2.62 bits per heavy atom. The van der Waals surface area contributed by atoms with E-state index >= 15 is 0 Å². The predicted molar refractivity (Wildman–Crippen MR) is 53.9 cm³/mol. The lowest BCUT2D eigenvalue weighted by Gasteiger charge is -2.13. The second-order valence-corrected chi connectivity index (χ2v) is 4.21. The van der Waals surface area contributed by atoms with Gasteiger partial charge in [-0.25, -0.2) is 0 Å². The van der Waals surface area contributed by atoms with Crippen molar-refractivity contribution < 1.29 is 0 Å². The summed E-state index contributed by atoms with van der Waals surface area (Å²) in [5.74, 6) is 0.758. The Hall–Kier alpha value is -0.680. The van der Waals surface area contributed by atoms with Crippen LogP contribution in [0.3, 0.4) is 0 Å². The Labute approximate surface area is 81.8 Å². The molecule has 72 valence electrons. The van der Waals surface area contributed by atoms with Crippen LogP contribution in [0, 0.1) is 5.92 Å². The molecule has 0 amide bonds. The van der Waals surface area contributed by atoms with Crippen molar-refractivity contribution in [1.29, 1.82) is 0 Å². The van der Waals surface area contributed by atoms with E-state index in [1.54, 1.807) is 16.8 Å². The molecule has 0 saturated carbocycles. The van der Waals surface area contributed by atoms with Crippen molar-refractivity contribution in [3.05, 3.63) is 5.51 Å². The van der Waals surface area contributed by atoms with Crippen LogP contribution in [0.1, 0.15) is 12.8 Å². The van der Waals surface area contributed by atoms with Gasteiger partial charge in [-0.05, 0) is 25.3 Å². The van der Waals surface area contributed by atoms with Gasteiger partial charge >= 0.3 is 0 Å². The summed E-state index contributed by atoms with van der Waals surface area (Å²) in [6.45, 7) is 3.01. The van der Waals surface area contributed by atoms with Crippen LogP contribution in [0.4, 0.5) is 5.13 Å². The van der Waals surface area contributed by atoms with Gasteiger partial charge < -0.3 is 10.6 Å². The van der Waals surface area contributed by atoms with Crippen LogP contribution in [0.2, 0.25) is 0 Å². The molecule has 1 atom stereocenters. The van der Waals surface area contributed by atoms with Crippen molar-refractivity contribution >= 4 is 16.5 Å². The van der Waals surface area contributed by atoms with E-state index in [0.29, 0.717) is 0 Å². The lowest BCUT2D eigenvalue weighted by Crippen LogP contribution is -2.20. The van der Waals surface area contributed by atoms with Crippen molar-refractivity contribution in [3.63, 3.8) is 0 Å². The average Bonchev–Trinajstić information content (AvgIpc) is 2.70. The molecule has 0 aliphatic carbocycles. The number of hydrogen-bond donors (Lipinski definition) is 1. The Morgan fingerprint density at radius 1 is 1.69 bits per heavy atom. The summed E-state index contributed by atoms with van der Waals surface area (Å²) >= 11 is 1.61. The molecule has 1 aliphatic rings. The van der Waals surface area contributed by atoms with Gasteiger partial charge in [0.05, 0.1) is 0 Å². The number of rotatable bonds is 3. The molecule has 1 aromatic heterocycles. The van der Waals surface area contributed by atoms with Crippen molar-refractivity contribution in [2.24, 2.45) is 11.7 Å². The SMILES string of the molecule is NCCC1CCN(c2nncs2)C1. The van der Waals surface area contributed by atoms with E-state index < -0.39 is 0 Å². The molecule has 13 heavy (non-hydrogen) atoms. The molecule has 2 heterocycles. The summed E-state index contributed by atoms with van der Waals surface area (Å²) in [6.07, 6.45) is 2.38. The van der Waals surface area contributed by atoms with Crippen LogP contribution in [-0.4, -0.2) is 29.8 Å². The number of anilines is 1. The fourth-order valence-corrected chi connectivity index (χ4v) is 2.38. The van der Waals surface area contributed by atoms with Crippen LogP contribution in [-0.2, 0) is 0 Å². The van der Waals surface area contributed by atoms with Gasteiger partial charge in [0.2, 0.25) is 5.13 Å². The molecule has 1 fully saturated rings. The molecular formula is C8H14N4S. The van der Waals surface area contributed by atoms with Gasteiger partial charge in [-0.2, -0.15) is 0 Å². The molecule has 1 unspecified atom stereocenters. The molecule has 2 rings (SSSR count). The smallest absolute Gasteiger partial charge is 0.208 e. The molecule has 4 nitrogen and oxygen atoms in total. The third-order valence-electron chi connectivity index (χ3n) is 2.48. The first kappa shape index (κ1) is 8.90. The zero-order valence-corrected chi connectivity index (χ0v) is 8.33. The van der Waals surface area contributed by atoms with E-state index in [2.05, 4.69) is 15.1 Å². The number of nitrogens with two attached hydrogens (primary N) is 1. The Kier molecular flexibility index (Phi) is 2.75. The highest BCUT2D eigenvalue weighted by molar-refractivity contribution is 7.13. The lowest BCUT2D eigenvalue weighted by molar-refractivity contribution is 0.546. The molecule has 2 N–H and O–H groups in total. The van der Waals surface area contributed by atoms with Gasteiger partial charge in [0, 0.05) is 13.1 Å². The first-order valence-corrected chi connectivity index (χ1v) is 5.49. The third kappa shape index (κ3) is 1.97. The van der Waals surface area contributed by atoms with Gasteiger partial charge in [0.1, 0.15) is 5.51 Å². The zero-order chi connectivity index (χ0) is 9.10. The Balaban J connectivity index is 1.91. The normalized spacial score (nSPS) is 22.5.